The van der Waals surface area contributed by atoms with E-state index in [2.05, 4.69) is 0 Å². The molecular formula is C13H19FN2O2S. The Labute approximate surface area is 113 Å². The Morgan fingerprint density at radius 2 is 2.05 bits per heavy atom. The lowest BCUT2D eigenvalue weighted by molar-refractivity contribution is 0.262. The molecule has 0 aliphatic heterocycles. The highest BCUT2D eigenvalue weighted by atomic mass is 32.2. The molecular weight excluding hydrogens is 267 g/mol. The Hall–Kier alpha value is -1.14. The van der Waals surface area contributed by atoms with Gasteiger partial charge in [-0.15, -0.1) is 0 Å². The van der Waals surface area contributed by atoms with Crippen molar-refractivity contribution in [2.45, 2.75) is 31.1 Å². The van der Waals surface area contributed by atoms with Gasteiger partial charge in [0.1, 0.15) is 10.7 Å². The molecule has 0 aromatic heterocycles. The quantitative estimate of drug-likeness (QED) is 0.862. The number of aryl methyl sites for hydroxylation is 1. The minimum atomic E-state index is -3.80. The van der Waals surface area contributed by atoms with Crippen molar-refractivity contribution in [1.29, 1.82) is 0 Å². The van der Waals surface area contributed by atoms with Gasteiger partial charge in [0.25, 0.3) is 0 Å². The maximum absolute atomic E-state index is 13.9. The summed E-state index contributed by atoms with van der Waals surface area (Å²) in [5, 5.41) is 0. The summed E-state index contributed by atoms with van der Waals surface area (Å²) in [6, 6.07) is 2.37. The van der Waals surface area contributed by atoms with Crippen LogP contribution in [0.15, 0.2) is 17.0 Å². The highest BCUT2D eigenvalue weighted by Crippen LogP contribution is 2.29. The predicted molar refractivity (Wildman–Crippen MR) is 72.7 cm³/mol. The second-order valence-corrected chi connectivity index (χ2v) is 7.23. The van der Waals surface area contributed by atoms with Crippen molar-refractivity contribution in [2.24, 2.45) is 5.92 Å². The normalized spacial score (nSPS) is 16.6. The monoisotopic (exact) mass is 286 g/mol. The first-order chi connectivity index (χ1) is 8.82. The van der Waals surface area contributed by atoms with Crippen LogP contribution in [0.4, 0.5) is 10.1 Å². The molecule has 0 bridgehead atoms. The molecule has 1 aliphatic carbocycles. The highest BCUT2D eigenvalue weighted by molar-refractivity contribution is 7.89. The molecule has 0 heterocycles. The fourth-order valence-electron chi connectivity index (χ4n) is 2.17. The maximum atomic E-state index is 13.9. The van der Waals surface area contributed by atoms with Gasteiger partial charge in [0.15, 0.2) is 0 Å². The minimum Gasteiger partial charge on any atom is -0.398 e. The Bertz CT molecular complexity index is 583. The van der Waals surface area contributed by atoms with Crippen LogP contribution in [-0.4, -0.2) is 26.3 Å². The SMILES string of the molecule is Cc1cc(F)c(S(=O)(=O)N(C)CC2CCC2)cc1N. The second-order valence-electron chi connectivity index (χ2n) is 5.22. The van der Waals surface area contributed by atoms with Crippen LogP contribution < -0.4 is 5.73 Å². The third-order valence-electron chi connectivity index (χ3n) is 3.75. The van der Waals surface area contributed by atoms with Gasteiger partial charge in [-0.3, -0.25) is 0 Å². The summed E-state index contributed by atoms with van der Waals surface area (Å²) < 4.78 is 39.7. The van der Waals surface area contributed by atoms with Crippen LogP contribution in [0.3, 0.4) is 0 Å². The maximum Gasteiger partial charge on any atom is 0.245 e. The lowest BCUT2D eigenvalue weighted by Crippen LogP contribution is -2.34. The van der Waals surface area contributed by atoms with Crippen LogP contribution in [0.1, 0.15) is 24.8 Å². The number of anilines is 1. The molecule has 19 heavy (non-hydrogen) atoms. The molecule has 1 aromatic carbocycles. The van der Waals surface area contributed by atoms with E-state index in [1.54, 1.807) is 6.92 Å². The second kappa shape index (κ2) is 5.09. The predicted octanol–water partition coefficient (Wildman–Crippen LogP) is 2.14. The molecule has 0 saturated heterocycles. The minimum absolute atomic E-state index is 0.289. The van der Waals surface area contributed by atoms with Gasteiger partial charge in [-0.2, -0.15) is 0 Å². The number of hydrogen-bond acceptors (Lipinski definition) is 3. The van der Waals surface area contributed by atoms with Gasteiger partial charge in [0, 0.05) is 19.3 Å². The molecule has 1 saturated carbocycles. The topological polar surface area (TPSA) is 63.4 Å². The van der Waals surface area contributed by atoms with Crippen molar-refractivity contribution >= 4 is 15.7 Å². The van der Waals surface area contributed by atoms with Crippen LogP contribution in [-0.2, 0) is 10.0 Å². The van der Waals surface area contributed by atoms with E-state index in [0.717, 1.165) is 19.3 Å². The van der Waals surface area contributed by atoms with Crippen molar-refractivity contribution in [3.05, 3.63) is 23.5 Å². The number of nitrogens with two attached hydrogens (primary N) is 1. The smallest absolute Gasteiger partial charge is 0.245 e. The summed E-state index contributed by atoms with van der Waals surface area (Å²) in [7, 11) is -2.31. The van der Waals surface area contributed by atoms with E-state index in [1.807, 2.05) is 0 Å². The van der Waals surface area contributed by atoms with E-state index in [4.69, 9.17) is 5.73 Å². The summed E-state index contributed by atoms with van der Waals surface area (Å²) in [5.41, 5.74) is 6.50. The zero-order valence-electron chi connectivity index (χ0n) is 11.2. The van der Waals surface area contributed by atoms with E-state index in [1.165, 1.54) is 23.5 Å². The third kappa shape index (κ3) is 2.74. The van der Waals surface area contributed by atoms with Gasteiger partial charge < -0.3 is 5.73 Å². The molecule has 2 N–H and O–H groups in total. The molecule has 2 rings (SSSR count). The number of halogens is 1. The standard InChI is InChI=1S/C13H19FN2O2S/c1-9-6-11(14)13(7-12(9)15)19(17,18)16(2)8-10-4-3-5-10/h6-7,10H,3-5,8,15H2,1-2H3. The average Bonchev–Trinajstić information content (AvgIpc) is 2.27. The molecule has 0 radical (unpaired) electrons. The molecule has 0 amide bonds. The van der Waals surface area contributed by atoms with Crippen LogP contribution >= 0.6 is 0 Å². The number of nitrogens with zero attached hydrogens (tertiary/aromatic N) is 1. The van der Waals surface area contributed by atoms with E-state index in [-0.39, 0.29) is 10.6 Å². The lowest BCUT2D eigenvalue weighted by Gasteiger charge is -2.29. The van der Waals surface area contributed by atoms with Crippen LogP contribution in [0.2, 0.25) is 0 Å². The molecule has 6 heteroatoms. The Balaban J connectivity index is 2.30. The molecule has 4 nitrogen and oxygen atoms in total. The van der Waals surface area contributed by atoms with Crippen molar-refractivity contribution in [3.63, 3.8) is 0 Å². The first-order valence-corrected chi connectivity index (χ1v) is 7.78. The van der Waals surface area contributed by atoms with Gasteiger partial charge >= 0.3 is 0 Å². The van der Waals surface area contributed by atoms with E-state index < -0.39 is 15.8 Å². The van der Waals surface area contributed by atoms with Crippen molar-refractivity contribution < 1.29 is 12.8 Å². The van der Waals surface area contributed by atoms with Crippen LogP contribution in [0.5, 0.6) is 0 Å². The fraction of sp³-hybridized carbons (Fsp3) is 0.538. The zero-order chi connectivity index (χ0) is 14.2. The molecule has 0 atom stereocenters. The van der Waals surface area contributed by atoms with E-state index in [0.29, 0.717) is 18.0 Å². The summed E-state index contributed by atoms with van der Waals surface area (Å²) in [6.07, 6.45) is 3.22. The Kier molecular flexibility index (Phi) is 3.82. The largest absolute Gasteiger partial charge is 0.398 e. The number of hydrogen-bond donors (Lipinski definition) is 1. The van der Waals surface area contributed by atoms with Crippen molar-refractivity contribution in [1.82, 2.24) is 4.31 Å². The molecule has 0 spiro atoms. The van der Waals surface area contributed by atoms with Gasteiger partial charge in [0.05, 0.1) is 0 Å². The first-order valence-electron chi connectivity index (χ1n) is 6.34. The third-order valence-corrected chi connectivity index (χ3v) is 5.59. The van der Waals surface area contributed by atoms with E-state index in [9.17, 15) is 12.8 Å². The summed E-state index contributed by atoms with van der Waals surface area (Å²) in [4.78, 5) is -0.336. The molecule has 106 valence electrons. The van der Waals surface area contributed by atoms with Crippen LogP contribution in [0, 0.1) is 18.7 Å². The Morgan fingerprint density at radius 1 is 1.42 bits per heavy atom. The number of nitrogen functional groups attached to an aromatic ring is 1. The Morgan fingerprint density at radius 3 is 2.58 bits per heavy atom. The van der Waals surface area contributed by atoms with Crippen molar-refractivity contribution in [2.75, 3.05) is 19.3 Å². The first kappa shape index (κ1) is 14.3. The summed E-state index contributed by atoms with van der Waals surface area (Å²) >= 11 is 0. The molecule has 1 fully saturated rings. The number of sulfonamides is 1. The average molecular weight is 286 g/mol. The van der Waals surface area contributed by atoms with Gasteiger partial charge in [-0.25, -0.2) is 17.1 Å². The molecule has 1 aromatic rings. The van der Waals surface area contributed by atoms with Gasteiger partial charge in [-0.05, 0) is 43.4 Å². The van der Waals surface area contributed by atoms with E-state index >= 15 is 0 Å². The number of rotatable bonds is 4. The summed E-state index contributed by atoms with van der Waals surface area (Å²) in [5.74, 6) is -0.349. The van der Waals surface area contributed by atoms with Crippen molar-refractivity contribution in [3.8, 4) is 0 Å². The van der Waals surface area contributed by atoms with Gasteiger partial charge in [0.2, 0.25) is 10.0 Å². The molecule has 1 aliphatic rings. The lowest BCUT2D eigenvalue weighted by atomic mass is 9.86. The van der Waals surface area contributed by atoms with Gasteiger partial charge in [-0.1, -0.05) is 6.42 Å². The fourth-order valence-corrected chi connectivity index (χ4v) is 3.50. The van der Waals surface area contributed by atoms with Crippen LogP contribution in [0.25, 0.3) is 0 Å². The summed E-state index contributed by atoms with van der Waals surface area (Å²) in [6.45, 7) is 2.09. The molecule has 0 unspecified atom stereocenters. The highest BCUT2D eigenvalue weighted by Gasteiger charge is 2.29. The zero-order valence-corrected chi connectivity index (χ0v) is 12.0. The number of benzene rings is 1.